The summed E-state index contributed by atoms with van der Waals surface area (Å²) < 4.78 is 0. The molecule has 0 aromatic carbocycles. The highest BCUT2D eigenvalue weighted by Gasteiger charge is 2.19. The molecule has 0 saturated heterocycles. The lowest BCUT2D eigenvalue weighted by atomic mass is 10.0. The standard InChI is InChI=1S/C28H54N2O5/c1-3-5-7-9-10-11-12-13-14-15-16-17-19-21-25(30-35-22-20-18-8-6-4-2)23-27(32)29-26(24-31)28(33)34/h26,31H,3-24H2,1-2H3,(H,29,32)(H,33,34)/b30-25+/t26-/m0/s1. The Morgan fingerprint density at radius 2 is 1.20 bits per heavy atom. The maximum atomic E-state index is 12.2. The SMILES string of the molecule is CCCCCCCCCCCCCCC/C(CC(=O)N[C@@H](CO)C(=O)O)=N\OCCCCCCC. The summed E-state index contributed by atoms with van der Waals surface area (Å²) in [5, 5.41) is 24.7. The molecule has 0 bridgehead atoms. The van der Waals surface area contributed by atoms with Crippen molar-refractivity contribution in [3.63, 3.8) is 0 Å². The number of carboxylic acids is 1. The molecule has 0 aliphatic heterocycles. The van der Waals surface area contributed by atoms with Crippen molar-refractivity contribution >= 4 is 17.6 Å². The van der Waals surface area contributed by atoms with Crippen molar-refractivity contribution in [1.82, 2.24) is 5.32 Å². The van der Waals surface area contributed by atoms with Gasteiger partial charge in [0.2, 0.25) is 5.91 Å². The highest BCUT2D eigenvalue weighted by atomic mass is 16.6. The maximum Gasteiger partial charge on any atom is 0.328 e. The van der Waals surface area contributed by atoms with Gasteiger partial charge in [-0.05, 0) is 25.7 Å². The number of oxime groups is 1. The van der Waals surface area contributed by atoms with Gasteiger partial charge in [0.25, 0.3) is 0 Å². The summed E-state index contributed by atoms with van der Waals surface area (Å²) in [4.78, 5) is 28.8. The van der Waals surface area contributed by atoms with Gasteiger partial charge in [-0.3, -0.25) is 4.79 Å². The van der Waals surface area contributed by atoms with Crippen LogP contribution >= 0.6 is 0 Å². The number of carboxylic acid groups (broad SMARTS) is 1. The van der Waals surface area contributed by atoms with Gasteiger partial charge in [0, 0.05) is 0 Å². The number of nitrogens with zero attached hydrogens (tertiary/aromatic N) is 1. The number of aliphatic hydroxyl groups is 1. The molecule has 0 radical (unpaired) electrons. The van der Waals surface area contributed by atoms with E-state index in [4.69, 9.17) is 15.1 Å². The Morgan fingerprint density at radius 1 is 0.743 bits per heavy atom. The summed E-state index contributed by atoms with van der Waals surface area (Å²) in [5.41, 5.74) is 0.640. The molecule has 0 heterocycles. The summed E-state index contributed by atoms with van der Waals surface area (Å²) in [7, 11) is 0. The van der Waals surface area contributed by atoms with Crippen molar-refractivity contribution in [2.24, 2.45) is 5.16 Å². The number of rotatable bonds is 26. The van der Waals surface area contributed by atoms with Gasteiger partial charge < -0.3 is 20.4 Å². The number of hydrogen-bond donors (Lipinski definition) is 3. The first kappa shape index (κ1) is 33.4. The zero-order chi connectivity index (χ0) is 26.0. The molecular formula is C28H54N2O5. The average Bonchev–Trinajstić information content (AvgIpc) is 2.84. The van der Waals surface area contributed by atoms with E-state index in [-0.39, 0.29) is 6.42 Å². The second-order valence-corrected chi connectivity index (χ2v) is 9.72. The minimum absolute atomic E-state index is 0.00211. The van der Waals surface area contributed by atoms with Crippen LogP contribution in [0.1, 0.15) is 142 Å². The van der Waals surface area contributed by atoms with Crippen LogP contribution in [0.25, 0.3) is 0 Å². The van der Waals surface area contributed by atoms with Gasteiger partial charge in [0.1, 0.15) is 12.6 Å². The minimum Gasteiger partial charge on any atom is -0.480 e. The number of aliphatic carboxylic acids is 1. The number of aliphatic hydroxyl groups excluding tert-OH is 1. The molecule has 206 valence electrons. The first-order valence-electron chi connectivity index (χ1n) is 14.4. The van der Waals surface area contributed by atoms with Gasteiger partial charge in [0.15, 0.2) is 0 Å². The number of amides is 1. The lowest BCUT2D eigenvalue weighted by Crippen LogP contribution is -2.43. The van der Waals surface area contributed by atoms with Gasteiger partial charge >= 0.3 is 5.97 Å². The van der Waals surface area contributed by atoms with Crippen LogP contribution in [0.15, 0.2) is 5.16 Å². The fraction of sp³-hybridized carbons (Fsp3) is 0.893. The molecule has 0 aromatic rings. The summed E-state index contributed by atoms with van der Waals surface area (Å²) >= 11 is 0. The average molecular weight is 499 g/mol. The molecule has 0 spiro atoms. The van der Waals surface area contributed by atoms with Crippen molar-refractivity contribution in [3.05, 3.63) is 0 Å². The van der Waals surface area contributed by atoms with Crippen LogP contribution in [-0.2, 0) is 14.4 Å². The molecule has 7 nitrogen and oxygen atoms in total. The summed E-state index contributed by atoms with van der Waals surface area (Å²) in [6.07, 6.45) is 22.9. The molecule has 0 aliphatic rings. The van der Waals surface area contributed by atoms with Crippen molar-refractivity contribution in [1.29, 1.82) is 0 Å². The summed E-state index contributed by atoms with van der Waals surface area (Å²) in [6, 6.07) is -1.29. The summed E-state index contributed by atoms with van der Waals surface area (Å²) in [5.74, 6) is -1.70. The first-order chi connectivity index (χ1) is 17.0. The monoisotopic (exact) mass is 498 g/mol. The first-order valence-corrected chi connectivity index (χ1v) is 14.4. The van der Waals surface area contributed by atoms with Gasteiger partial charge in [-0.1, -0.05) is 115 Å². The number of hydrogen-bond acceptors (Lipinski definition) is 5. The lowest BCUT2D eigenvalue weighted by Gasteiger charge is -2.12. The summed E-state index contributed by atoms with van der Waals surface area (Å²) in [6.45, 7) is 4.33. The Balaban J connectivity index is 4.17. The van der Waals surface area contributed by atoms with Gasteiger partial charge in [-0.25, -0.2) is 4.79 Å². The second-order valence-electron chi connectivity index (χ2n) is 9.72. The van der Waals surface area contributed by atoms with Crippen molar-refractivity contribution < 1.29 is 24.6 Å². The molecule has 0 aromatic heterocycles. The third kappa shape index (κ3) is 22.6. The number of unbranched alkanes of at least 4 members (excludes halogenated alkanes) is 16. The molecule has 0 saturated carbocycles. The van der Waals surface area contributed by atoms with E-state index in [1.54, 1.807) is 0 Å². The Morgan fingerprint density at radius 3 is 1.66 bits per heavy atom. The molecule has 35 heavy (non-hydrogen) atoms. The molecule has 0 fully saturated rings. The normalized spacial score (nSPS) is 12.5. The molecule has 1 amide bonds. The largest absolute Gasteiger partial charge is 0.480 e. The van der Waals surface area contributed by atoms with E-state index in [2.05, 4.69) is 24.3 Å². The van der Waals surface area contributed by atoms with Crippen LogP contribution in [-0.4, -0.2) is 47.1 Å². The third-order valence-corrected chi connectivity index (χ3v) is 6.28. The predicted octanol–water partition coefficient (Wildman–Crippen LogP) is 6.76. The van der Waals surface area contributed by atoms with Gasteiger partial charge in [-0.2, -0.15) is 0 Å². The molecule has 1 atom stereocenters. The Hall–Kier alpha value is -1.63. The Labute approximate surface area is 214 Å². The van der Waals surface area contributed by atoms with E-state index in [1.165, 1.54) is 89.9 Å². The van der Waals surface area contributed by atoms with E-state index < -0.39 is 24.5 Å². The predicted molar refractivity (Wildman–Crippen MR) is 144 cm³/mol. The van der Waals surface area contributed by atoms with E-state index in [0.29, 0.717) is 18.7 Å². The molecule has 0 rings (SSSR count). The molecule has 0 aliphatic carbocycles. The van der Waals surface area contributed by atoms with Crippen molar-refractivity contribution in [2.45, 2.75) is 148 Å². The van der Waals surface area contributed by atoms with E-state index in [1.807, 2.05) is 0 Å². The van der Waals surface area contributed by atoms with E-state index >= 15 is 0 Å². The Kier molecular flexibility index (Phi) is 24.3. The molecule has 0 unspecified atom stereocenters. The Bertz CT molecular complexity index is 539. The van der Waals surface area contributed by atoms with Crippen molar-refractivity contribution in [2.75, 3.05) is 13.2 Å². The molecular weight excluding hydrogens is 444 g/mol. The number of nitrogens with one attached hydrogen (secondary N) is 1. The van der Waals surface area contributed by atoms with Crippen LogP contribution in [0.5, 0.6) is 0 Å². The fourth-order valence-electron chi connectivity index (χ4n) is 4.04. The topological polar surface area (TPSA) is 108 Å². The van der Waals surface area contributed by atoms with Crippen LogP contribution in [0, 0.1) is 0 Å². The smallest absolute Gasteiger partial charge is 0.328 e. The van der Waals surface area contributed by atoms with Crippen LogP contribution in [0.4, 0.5) is 0 Å². The quantitative estimate of drug-likeness (QED) is 0.0693. The van der Waals surface area contributed by atoms with Gasteiger partial charge in [-0.15, -0.1) is 0 Å². The van der Waals surface area contributed by atoms with E-state index in [9.17, 15) is 9.59 Å². The third-order valence-electron chi connectivity index (χ3n) is 6.28. The van der Waals surface area contributed by atoms with Crippen molar-refractivity contribution in [3.8, 4) is 0 Å². The highest BCUT2D eigenvalue weighted by Crippen LogP contribution is 2.14. The van der Waals surface area contributed by atoms with E-state index in [0.717, 1.165) is 25.7 Å². The fourth-order valence-corrected chi connectivity index (χ4v) is 4.04. The minimum atomic E-state index is -1.29. The molecule has 7 heteroatoms. The lowest BCUT2D eigenvalue weighted by molar-refractivity contribution is -0.142. The van der Waals surface area contributed by atoms with Crippen LogP contribution < -0.4 is 5.32 Å². The zero-order valence-electron chi connectivity index (χ0n) is 22.7. The van der Waals surface area contributed by atoms with Crippen LogP contribution in [0.2, 0.25) is 0 Å². The van der Waals surface area contributed by atoms with Gasteiger partial charge in [0.05, 0.1) is 18.7 Å². The maximum absolute atomic E-state index is 12.2. The molecule has 3 N–H and O–H groups in total. The zero-order valence-corrected chi connectivity index (χ0v) is 22.7. The van der Waals surface area contributed by atoms with Crippen LogP contribution in [0.3, 0.4) is 0 Å². The second kappa shape index (κ2) is 25.5. The number of carbonyl (C=O) groups is 2. The highest BCUT2D eigenvalue weighted by molar-refractivity contribution is 6.01. The number of carbonyl (C=O) groups excluding carboxylic acids is 1.